The minimum atomic E-state index is -0.999. The molecule has 0 unspecified atom stereocenters. The number of nitrogens with zero attached hydrogens (tertiary/aromatic N) is 2. The Labute approximate surface area is 111 Å². The Hall–Kier alpha value is -1.56. The first kappa shape index (κ1) is 14.5. The van der Waals surface area contributed by atoms with Gasteiger partial charge in [0.1, 0.15) is 6.54 Å². The summed E-state index contributed by atoms with van der Waals surface area (Å²) in [4.78, 5) is 25.8. The average Bonchev–Trinajstić information content (AvgIpc) is 2.77. The van der Waals surface area contributed by atoms with Crippen LogP contribution in [0.4, 0.5) is 4.79 Å². The lowest BCUT2D eigenvalue weighted by molar-refractivity contribution is -0.138. The van der Waals surface area contributed by atoms with Crippen LogP contribution in [-0.2, 0) is 11.3 Å². The van der Waals surface area contributed by atoms with E-state index < -0.39 is 5.97 Å². The van der Waals surface area contributed by atoms with E-state index >= 15 is 0 Å². The number of carbonyl (C=O) groups is 2. The molecule has 0 bridgehead atoms. The van der Waals surface area contributed by atoms with Crippen molar-refractivity contribution in [2.24, 2.45) is 0 Å². The van der Waals surface area contributed by atoms with Gasteiger partial charge < -0.3 is 14.9 Å². The topological polar surface area (TPSA) is 60.9 Å². The normalized spacial score (nSPS) is 10.4. The number of carboxylic acid groups (broad SMARTS) is 1. The fraction of sp³-hybridized carbons (Fsp3) is 0.500. The molecule has 1 aromatic rings. The molecule has 1 aromatic heterocycles. The van der Waals surface area contributed by atoms with E-state index in [0.29, 0.717) is 6.54 Å². The molecule has 100 valence electrons. The van der Waals surface area contributed by atoms with Crippen LogP contribution >= 0.6 is 11.3 Å². The van der Waals surface area contributed by atoms with Gasteiger partial charge in [-0.1, -0.05) is 0 Å². The van der Waals surface area contributed by atoms with Crippen LogP contribution in [0.15, 0.2) is 16.8 Å². The standard InChI is InChI=1S/C12H18N2O3S/c1-9(2)14(7-11(15)16)12(17)13(3)6-10-4-5-18-8-10/h4-5,8-9H,6-7H2,1-3H3,(H,15,16). The van der Waals surface area contributed by atoms with Crippen LogP contribution in [0.5, 0.6) is 0 Å². The summed E-state index contributed by atoms with van der Waals surface area (Å²) in [6, 6.07) is 1.54. The SMILES string of the molecule is CC(C)N(CC(=O)O)C(=O)N(C)Cc1ccsc1. The highest BCUT2D eigenvalue weighted by Crippen LogP contribution is 2.11. The lowest BCUT2D eigenvalue weighted by Gasteiger charge is -2.29. The number of amides is 2. The summed E-state index contributed by atoms with van der Waals surface area (Å²) in [6.07, 6.45) is 0. The lowest BCUT2D eigenvalue weighted by atomic mass is 10.3. The number of thiophene rings is 1. The van der Waals surface area contributed by atoms with Crippen molar-refractivity contribution in [1.29, 1.82) is 0 Å². The fourth-order valence-corrected chi connectivity index (χ4v) is 2.22. The van der Waals surface area contributed by atoms with Gasteiger partial charge >= 0.3 is 12.0 Å². The fourth-order valence-electron chi connectivity index (χ4n) is 1.56. The molecule has 0 fully saturated rings. The van der Waals surface area contributed by atoms with Crippen LogP contribution in [0.25, 0.3) is 0 Å². The molecule has 0 aromatic carbocycles. The molecule has 2 amide bonds. The van der Waals surface area contributed by atoms with Crippen LogP contribution in [-0.4, -0.2) is 46.5 Å². The van der Waals surface area contributed by atoms with E-state index in [2.05, 4.69) is 0 Å². The molecule has 18 heavy (non-hydrogen) atoms. The van der Waals surface area contributed by atoms with Gasteiger partial charge in [0.25, 0.3) is 0 Å². The Morgan fingerprint density at radius 1 is 1.44 bits per heavy atom. The zero-order valence-electron chi connectivity index (χ0n) is 10.8. The minimum Gasteiger partial charge on any atom is -0.480 e. The van der Waals surface area contributed by atoms with Crippen molar-refractivity contribution in [3.63, 3.8) is 0 Å². The van der Waals surface area contributed by atoms with Crippen LogP contribution < -0.4 is 0 Å². The maximum absolute atomic E-state index is 12.1. The predicted molar refractivity (Wildman–Crippen MR) is 70.7 cm³/mol. The molecular weight excluding hydrogens is 252 g/mol. The van der Waals surface area contributed by atoms with Crippen molar-refractivity contribution in [3.8, 4) is 0 Å². The zero-order chi connectivity index (χ0) is 13.7. The summed E-state index contributed by atoms with van der Waals surface area (Å²) in [5.74, 6) is -0.999. The first-order valence-corrected chi connectivity index (χ1v) is 6.60. The van der Waals surface area contributed by atoms with Crippen LogP contribution in [0, 0.1) is 0 Å². The summed E-state index contributed by atoms with van der Waals surface area (Å²) >= 11 is 1.57. The van der Waals surface area contributed by atoms with Gasteiger partial charge in [-0.15, -0.1) is 0 Å². The van der Waals surface area contributed by atoms with E-state index in [1.165, 1.54) is 9.80 Å². The smallest absolute Gasteiger partial charge is 0.323 e. The first-order chi connectivity index (χ1) is 8.41. The van der Waals surface area contributed by atoms with Crippen molar-refractivity contribution in [2.45, 2.75) is 26.4 Å². The molecule has 0 aliphatic carbocycles. The molecule has 1 N–H and O–H groups in total. The van der Waals surface area contributed by atoms with Gasteiger partial charge in [0.15, 0.2) is 0 Å². The highest BCUT2D eigenvalue weighted by atomic mass is 32.1. The summed E-state index contributed by atoms with van der Waals surface area (Å²) in [5, 5.41) is 12.7. The lowest BCUT2D eigenvalue weighted by Crippen LogP contribution is -2.46. The number of aliphatic carboxylic acids is 1. The van der Waals surface area contributed by atoms with Crippen molar-refractivity contribution in [3.05, 3.63) is 22.4 Å². The molecule has 6 heteroatoms. The van der Waals surface area contributed by atoms with E-state index in [1.807, 2.05) is 16.8 Å². The van der Waals surface area contributed by atoms with Gasteiger partial charge in [0.2, 0.25) is 0 Å². The van der Waals surface area contributed by atoms with Crippen LogP contribution in [0.1, 0.15) is 19.4 Å². The van der Waals surface area contributed by atoms with E-state index in [9.17, 15) is 9.59 Å². The number of rotatable bonds is 5. The highest BCUT2D eigenvalue weighted by Gasteiger charge is 2.23. The van der Waals surface area contributed by atoms with E-state index in [-0.39, 0.29) is 18.6 Å². The van der Waals surface area contributed by atoms with Gasteiger partial charge in [-0.25, -0.2) is 4.79 Å². The molecule has 5 nitrogen and oxygen atoms in total. The molecule has 0 aliphatic heterocycles. The number of hydrogen-bond donors (Lipinski definition) is 1. The van der Waals surface area contributed by atoms with Gasteiger partial charge in [0, 0.05) is 19.6 Å². The van der Waals surface area contributed by atoms with Crippen molar-refractivity contribution < 1.29 is 14.7 Å². The third-order valence-corrected chi connectivity index (χ3v) is 3.23. The third-order valence-electron chi connectivity index (χ3n) is 2.50. The summed E-state index contributed by atoms with van der Waals surface area (Å²) in [5.41, 5.74) is 1.05. The molecular formula is C12H18N2O3S. The molecule has 0 radical (unpaired) electrons. The summed E-state index contributed by atoms with van der Waals surface area (Å²) < 4.78 is 0. The van der Waals surface area contributed by atoms with Crippen LogP contribution in [0.3, 0.4) is 0 Å². The van der Waals surface area contributed by atoms with Crippen molar-refractivity contribution >= 4 is 23.3 Å². The largest absolute Gasteiger partial charge is 0.480 e. The molecule has 0 aliphatic rings. The Balaban J connectivity index is 2.67. The van der Waals surface area contributed by atoms with Gasteiger partial charge in [-0.05, 0) is 36.2 Å². The first-order valence-electron chi connectivity index (χ1n) is 5.66. The Kier molecular flexibility index (Phi) is 5.15. The van der Waals surface area contributed by atoms with Gasteiger partial charge in [0.05, 0.1) is 0 Å². The second-order valence-electron chi connectivity index (χ2n) is 4.39. The summed E-state index contributed by atoms with van der Waals surface area (Å²) in [6.45, 7) is 3.83. The maximum atomic E-state index is 12.1. The Morgan fingerprint density at radius 3 is 2.56 bits per heavy atom. The second-order valence-corrected chi connectivity index (χ2v) is 5.17. The maximum Gasteiger partial charge on any atom is 0.323 e. The van der Waals surface area contributed by atoms with Crippen molar-refractivity contribution in [2.75, 3.05) is 13.6 Å². The molecule has 0 saturated carbocycles. The number of urea groups is 1. The van der Waals surface area contributed by atoms with E-state index in [4.69, 9.17) is 5.11 Å². The van der Waals surface area contributed by atoms with Gasteiger partial charge in [-0.3, -0.25) is 4.79 Å². The number of carbonyl (C=O) groups excluding carboxylic acids is 1. The molecule has 0 atom stereocenters. The Morgan fingerprint density at radius 2 is 2.11 bits per heavy atom. The molecule has 0 saturated heterocycles. The van der Waals surface area contributed by atoms with Crippen LogP contribution in [0.2, 0.25) is 0 Å². The van der Waals surface area contributed by atoms with E-state index in [1.54, 1.807) is 32.2 Å². The zero-order valence-corrected chi connectivity index (χ0v) is 11.6. The summed E-state index contributed by atoms with van der Waals surface area (Å²) in [7, 11) is 1.68. The van der Waals surface area contributed by atoms with Gasteiger partial charge in [-0.2, -0.15) is 11.3 Å². The second kappa shape index (κ2) is 6.39. The highest BCUT2D eigenvalue weighted by molar-refractivity contribution is 7.07. The number of hydrogen-bond acceptors (Lipinski definition) is 3. The monoisotopic (exact) mass is 270 g/mol. The third kappa shape index (κ3) is 4.03. The molecule has 1 heterocycles. The predicted octanol–water partition coefficient (Wildman–Crippen LogP) is 2.09. The molecule has 0 spiro atoms. The molecule has 1 rings (SSSR count). The van der Waals surface area contributed by atoms with E-state index in [0.717, 1.165) is 5.56 Å². The van der Waals surface area contributed by atoms with Crippen molar-refractivity contribution in [1.82, 2.24) is 9.80 Å². The number of carboxylic acids is 1. The quantitative estimate of drug-likeness (QED) is 0.891. The average molecular weight is 270 g/mol. The minimum absolute atomic E-state index is 0.140. The Bertz CT molecular complexity index is 403.